The Balaban J connectivity index is 1.36. The first kappa shape index (κ1) is 21.9. The summed E-state index contributed by atoms with van der Waals surface area (Å²) in [5.74, 6) is 0.481. The normalized spacial score (nSPS) is 16.5. The van der Waals surface area contributed by atoms with Crippen molar-refractivity contribution in [2.24, 2.45) is 0 Å². The van der Waals surface area contributed by atoms with Crippen molar-refractivity contribution < 1.29 is 19.4 Å². The molecule has 2 aliphatic heterocycles. The number of carbonyl (C=O) groups excluding carboxylic acids is 1. The number of carboxylic acids is 1. The minimum Gasteiger partial charge on any atom is -0.481 e. The highest BCUT2D eigenvalue weighted by atomic mass is 16.5. The third-order valence-corrected chi connectivity index (χ3v) is 6.04. The molecule has 4 rings (SSSR count). The van der Waals surface area contributed by atoms with Crippen molar-refractivity contribution in [2.45, 2.75) is 38.1 Å². The summed E-state index contributed by atoms with van der Waals surface area (Å²) in [5.41, 5.74) is 2.98. The van der Waals surface area contributed by atoms with Crippen LogP contribution >= 0.6 is 0 Å². The van der Waals surface area contributed by atoms with E-state index in [-0.39, 0.29) is 12.5 Å². The Kier molecular flexibility index (Phi) is 6.72. The van der Waals surface area contributed by atoms with E-state index in [2.05, 4.69) is 22.4 Å². The van der Waals surface area contributed by atoms with Crippen LogP contribution in [-0.2, 0) is 17.6 Å². The van der Waals surface area contributed by atoms with Crippen LogP contribution in [0.15, 0.2) is 30.5 Å². The van der Waals surface area contributed by atoms with Gasteiger partial charge in [-0.25, -0.2) is 14.8 Å². The minimum absolute atomic E-state index is 0.132. The summed E-state index contributed by atoms with van der Waals surface area (Å²) in [6, 6.07) is 6.98. The predicted octanol–water partition coefficient (Wildman–Crippen LogP) is 2.73. The number of rotatable bonds is 9. The van der Waals surface area contributed by atoms with Gasteiger partial charge in [0.1, 0.15) is 5.82 Å². The maximum absolute atomic E-state index is 13.0. The van der Waals surface area contributed by atoms with Crippen molar-refractivity contribution in [3.8, 4) is 5.88 Å². The van der Waals surface area contributed by atoms with E-state index in [9.17, 15) is 14.7 Å². The molecule has 1 fully saturated rings. The molecule has 0 saturated carbocycles. The molecule has 1 saturated heterocycles. The molecular weight excluding hydrogens is 410 g/mol. The summed E-state index contributed by atoms with van der Waals surface area (Å²) >= 11 is 0. The zero-order chi connectivity index (χ0) is 22.5. The summed E-state index contributed by atoms with van der Waals surface area (Å²) in [7, 11) is 1.52. The number of hydrogen-bond acceptors (Lipinski definition) is 6. The molecule has 0 aromatic carbocycles. The number of amides is 2. The van der Waals surface area contributed by atoms with Gasteiger partial charge in [0.2, 0.25) is 5.88 Å². The number of fused-ring (bicyclic) bond motifs is 1. The van der Waals surface area contributed by atoms with Gasteiger partial charge in [0.05, 0.1) is 19.6 Å². The Hall–Kier alpha value is -3.36. The number of aryl methyl sites for hydroxylation is 2. The number of urea groups is 1. The average molecular weight is 440 g/mol. The van der Waals surface area contributed by atoms with Gasteiger partial charge in [-0.3, -0.25) is 4.79 Å². The van der Waals surface area contributed by atoms with E-state index in [1.165, 1.54) is 12.7 Å². The van der Waals surface area contributed by atoms with Crippen LogP contribution in [0.3, 0.4) is 0 Å². The minimum atomic E-state index is -0.954. The fourth-order valence-corrected chi connectivity index (χ4v) is 4.34. The van der Waals surface area contributed by atoms with E-state index in [4.69, 9.17) is 9.72 Å². The predicted molar refractivity (Wildman–Crippen MR) is 119 cm³/mol. The Morgan fingerprint density at radius 3 is 2.91 bits per heavy atom. The molecule has 0 radical (unpaired) electrons. The molecule has 9 nitrogen and oxygen atoms in total. The molecule has 32 heavy (non-hydrogen) atoms. The second kappa shape index (κ2) is 9.84. The monoisotopic (exact) mass is 439 g/mol. The summed E-state index contributed by atoms with van der Waals surface area (Å²) in [4.78, 5) is 36.8. The third kappa shape index (κ3) is 4.92. The van der Waals surface area contributed by atoms with Crippen molar-refractivity contribution in [1.82, 2.24) is 19.8 Å². The summed E-state index contributed by atoms with van der Waals surface area (Å²) < 4.78 is 5.08. The van der Waals surface area contributed by atoms with Crippen LogP contribution in [-0.4, -0.2) is 70.2 Å². The molecule has 0 bridgehead atoms. The molecule has 2 amide bonds. The number of methoxy groups -OCH3 is 1. The highest BCUT2D eigenvalue weighted by molar-refractivity contribution is 5.78. The van der Waals surface area contributed by atoms with Crippen molar-refractivity contribution in [2.75, 3.05) is 38.6 Å². The van der Waals surface area contributed by atoms with Crippen molar-refractivity contribution >= 4 is 17.8 Å². The van der Waals surface area contributed by atoms with Crippen LogP contribution in [0.1, 0.15) is 42.1 Å². The van der Waals surface area contributed by atoms with Crippen LogP contribution in [0, 0.1) is 0 Å². The van der Waals surface area contributed by atoms with E-state index in [0.717, 1.165) is 43.7 Å². The van der Waals surface area contributed by atoms with Crippen LogP contribution in [0.4, 0.5) is 10.6 Å². The largest absolute Gasteiger partial charge is 0.481 e. The molecule has 4 heterocycles. The molecule has 2 aromatic rings. The molecule has 2 aromatic heterocycles. The number of nitrogens with zero attached hydrogens (tertiary/aromatic N) is 4. The van der Waals surface area contributed by atoms with Gasteiger partial charge >= 0.3 is 12.0 Å². The molecule has 2 N–H and O–H groups in total. The van der Waals surface area contributed by atoms with Crippen molar-refractivity contribution in [3.05, 3.63) is 47.3 Å². The topological polar surface area (TPSA) is 108 Å². The van der Waals surface area contributed by atoms with E-state index in [1.54, 1.807) is 28.1 Å². The lowest BCUT2D eigenvalue weighted by atomic mass is 10.0. The number of carbonyl (C=O) groups is 2. The molecule has 1 atom stereocenters. The van der Waals surface area contributed by atoms with E-state index in [0.29, 0.717) is 31.1 Å². The highest BCUT2D eigenvalue weighted by Crippen LogP contribution is 2.29. The Morgan fingerprint density at radius 2 is 2.16 bits per heavy atom. The number of anilines is 1. The van der Waals surface area contributed by atoms with Crippen LogP contribution < -0.4 is 10.1 Å². The fourth-order valence-electron chi connectivity index (χ4n) is 4.34. The van der Waals surface area contributed by atoms with Gasteiger partial charge in [0.15, 0.2) is 0 Å². The highest BCUT2D eigenvalue weighted by Gasteiger charge is 2.35. The number of aromatic nitrogens is 2. The summed E-state index contributed by atoms with van der Waals surface area (Å²) in [5, 5.41) is 12.8. The summed E-state index contributed by atoms with van der Waals surface area (Å²) in [6.07, 6.45) is 5.21. The second-order valence-electron chi connectivity index (χ2n) is 8.15. The molecule has 2 aliphatic rings. The zero-order valence-electron chi connectivity index (χ0n) is 18.3. The number of nitrogens with one attached hydrogen (secondary N) is 1. The standard InChI is InChI=1S/C23H29N5O4/c1-32-20-9-7-17(15-25-20)19(14-21(29)30)28-13-12-27(23(28)31)11-3-5-18-8-6-16-4-2-10-24-22(16)26-18/h6-9,15,19H,2-5,10-14H2,1H3,(H,24,26)(H,29,30)/t19-/m1/s1. The first-order chi connectivity index (χ1) is 15.5. The van der Waals surface area contributed by atoms with Crippen LogP contribution in [0.5, 0.6) is 5.88 Å². The Bertz CT molecular complexity index is 965. The lowest BCUT2D eigenvalue weighted by Gasteiger charge is -2.27. The van der Waals surface area contributed by atoms with Crippen LogP contribution in [0.2, 0.25) is 0 Å². The maximum atomic E-state index is 13.0. The fraction of sp³-hybridized carbons (Fsp3) is 0.478. The zero-order valence-corrected chi connectivity index (χ0v) is 18.3. The van der Waals surface area contributed by atoms with Gasteiger partial charge in [-0.2, -0.15) is 0 Å². The van der Waals surface area contributed by atoms with Gasteiger partial charge in [-0.15, -0.1) is 0 Å². The molecule has 0 unspecified atom stereocenters. The molecule has 0 aliphatic carbocycles. The molecule has 170 valence electrons. The van der Waals surface area contributed by atoms with Crippen LogP contribution in [0.25, 0.3) is 0 Å². The first-order valence-corrected chi connectivity index (χ1v) is 11.0. The van der Waals surface area contributed by atoms with Gasteiger partial charge < -0.3 is 25.0 Å². The first-order valence-electron chi connectivity index (χ1n) is 11.0. The number of carboxylic acid groups (broad SMARTS) is 1. The summed E-state index contributed by atoms with van der Waals surface area (Å²) in [6.45, 7) is 2.65. The molecule has 9 heteroatoms. The quantitative estimate of drug-likeness (QED) is 0.618. The van der Waals surface area contributed by atoms with Crippen molar-refractivity contribution in [1.29, 1.82) is 0 Å². The van der Waals surface area contributed by atoms with E-state index < -0.39 is 12.0 Å². The third-order valence-electron chi connectivity index (χ3n) is 6.04. The Labute approximate surface area is 187 Å². The molecule has 0 spiro atoms. The lowest BCUT2D eigenvalue weighted by molar-refractivity contribution is -0.138. The number of aliphatic carboxylic acids is 1. The van der Waals surface area contributed by atoms with Crippen molar-refractivity contribution in [3.63, 3.8) is 0 Å². The lowest BCUT2D eigenvalue weighted by Crippen LogP contribution is -2.36. The maximum Gasteiger partial charge on any atom is 0.320 e. The SMILES string of the molecule is COc1ccc([C@@H](CC(=O)O)N2CCN(CCCc3ccc4c(n3)NCCC4)C2=O)cn1. The van der Waals surface area contributed by atoms with Gasteiger partial charge in [0.25, 0.3) is 0 Å². The van der Waals surface area contributed by atoms with Gasteiger partial charge in [0, 0.05) is 44.1 Å². The Morgan fingerprint density at radius 1 is 1.28 bits per heavy atom. The number of ether oxygens (including phenoxy) is 1. The second-order valence-corrected chi connectivity index (χ2v) is 8.15. The van der Waals surface area contributed by atoms with E-state index >= 15 is 0 Å². The average Bonchev–Trinajstić information content (AvgIpc) is 3.17. The number of pyridine rings is 2. The number of hydrogen-bond donors (Lipinski definition) is 2. The van der Waals surface area contributed by atoms with Gasteiger partial charge in [-0.1, -0.05) is 12.1 Å². The van der Waals surface area contributed by atoms with E-state index in [1.807, 2.05) is 0 Å². The molecular formula is C23H29N5O4. The smallest absolute Gasteiger partial charge is 0.320 e. The van der Waals surface area contributed by atoms with Gasteiger partial charge in [-0.05, 0) is 42.9 Å².